The molecule has 0 aliphatic rings. The number of carboxylic acids is 1. The summed E-state index contributed by atoms with van der Waals surface area (Å²) in [5, 5.41) is 8.31. The highest BCUT2D eigenvalue weighted by molar-refractivity contribution is 5.89. The van der Waals surface area contributed by atoms with E-state index in [0.717, 1.165) is 5.57 Å². The molecule has 0 atom stereocenters. The Balaban J connectivity index is 0. The SMILES string of the molecule is C=C(C)/C=C\C(=C)C(=O)O.CC. The lowest BCUT2D eigenvalue weighted by Crippen LogP contribution is -1.94. The lowest BCUT2D eigenvalue weighted by Gasteiger charge is -1.88. The van der Waals surface area contributed by atoms with E-state index >= 15 is 0 Å². The minimum Gasteiger partial charge on any atom is -0.478 e. The van der Waals surface area contributed by atoms with Crippen LogP contribution in [0.4, 0.5) is 0 Å². The van der Waals surface area contributed by atoms with Crippen LogP contribution < -0.4 is 0 Å². The smallest absolute Gasteiger partial charge is 0.335 e. The Kier molecular flexibility index (Phi) is 8.63. The summed E-state index contributed by atoms with van der Waals surface area (Å²) in [5.74, 6) is -1.00. The second-order valence-electron chi connectivity index (χ2n) is 2.01. The topological polar surface area (TPSA) is 37.3 Å². The van der Waals surface area contributed by atoms with E-state index in [1.54, 1.807) is 13.0 Å². The van der Waals surface area contributed by atoms with Crippen LogP contribution in [0, 0.1) is 0 Å². The van der Waals surface area contributed by atoms with Gasteiger partial charge >= 0.3 is 5.97 Å². The summed E-state index contributed by atoms with van der Waals surface area (Å²) < 4.78 is 0. The van der Waals surface area contributed by atoms with Gasteiger partial charge in [-0.05, 0) is 13.0 Å². The molecule has 2 heteroatoms. The van der Waals surface area contributed by atoms with E-state index in [0.29, 0.717) is 0 Å². The van der Waals surface area contributed by atoms with Crippen molar-refractivity contribution in [2.24, 2.45) is 0 Å². The largest absolute Gasteiger partial charge is 0.478 e. The molecule has 0 aliphatic carbocycles. The van der Waals surface area contributed by atoms with Gasteiger partial charge in [-0.15, -0.1) is 0 Å². The van der Waals surface area contributed by atoms with E-state index in [-0.39, 0.29) is 5.57 Å². The van der Waals surface area contributed by atoms with Gasteiger partial charge in [0.1, 0.15) is 0 Å². The van der Waals surface area contributed by atoms with Crippen molar-refractivity contribution in [3.05, 3.63) is 36.5 Å². The number of carboxylic acid groups (broad SMARTS) is 1. The van der Waals surface area contributed by atoms with Crippen LogP contribution in [-0.4, -0.2) is 11.1 Å². The van der Waals surface area contributed by atoms with Gasteiger partial charge in [0.05, 0.1) is 5.57 Å². The Morgan fingerprint density at radius 3 is 1.92 bits per heavy atom. The molecule has 0 bridgehead atoms. The third-order valence-corrected chi connectivity index (χ3v) is 0.844. The summed E-state index contributed by atoms with van der Waals surface area (Å²) >= 11 is 0. The molecule has 0 fully saturated rings. The molecule has 0 rings (SSSR count). The first-order chi connectivity index (χ1) is 5.54. The highest BCUT2D eigenvalue weighted by Gasteiger charge is 1.95. The van der Waals surface area contributed by atoms with Gasteiger partial charge in [0.2, 0.25) is 0 Å². The molecule has 0 aromatic heterocycles. The predicted molar refractivity (Wildman–Crippen MR) is 52.1 cm³/mol. The van der Waals surface area contributed by atoms with Crippen molar-refractivity contribution in [2.45, 2.75) is 20.8 Å². The van der Waals surface area contributed by atoms with Gasteiger partial charge in [0, 0.05) is 0 Å². The summed E-state index contributed by atoms with van der Waals surface area (Å²) in [6.07, 6.45) is 3.03. The van der Waals surface area contributed by atoms with Crippen LogP contribution in [0.5, 0.6) is 0 Å². The third kappa shape index (κ3) is 8.69. The number of rotatable bonds is 3. The fraction of sp³-hybridized carbons (Fsp3) is 0.300. The molecule has 0 amide bonds. The van der Waals surface area contributed by atoms with Crippen molar-refractivity contribution >= 4 is 5.97 Å². The van der Waals surface area contributed by atoms with Gasteiger partial charge in [0.15, 0.2) is 0 Å². The Labute approximate surface area is 73.9 Å². The number of hydrogen-bond acceptors (Lipinski definition) is 1. The Bertz CT molecular complexity index is 200. The van der Waals surface area contributed by atoms with Crippen LogP contribution in [0.3, 0.4) is 0 Å². The van der Waals surface area contributed by atoms with Crippen LogP contribution in [0.25, 0.3) is 0 Å². The molecule has 0 aromatic rings. The quantitative estimate of drug-likeness (QED) is 0.519. The molecular formula is C10H16O2. The molecule has 0 aromatic carbocycles. The van der Waals surface area contributed by atoms with Crippen molar-refractivity contribution in [1.82, 2.24) is 0 Å². The average molecular weight is 168 g/mol. The van der Waals surface area contributed by atoms with Gasteiger partial charge in [-0.1, -0.05) is 38.7 Å². The fourth-order valence-electron chi connectivity index (χ4n) is 0.314. The van der Waals surface area contributed by atoms with Crippen molar-refractivity contribution in [2.75, 3.05) is 0 Å². The van der Waals surface area contributed by atoms with E-state index in [1.807, 2.05) is 13.8 Å². The monoisotopic (exact) mass is 168 g/mol. The highest BCUT2D eigenvalue weighted by atomic mass is 16.4. The maximum atomic E-state index is 10.1. The normalized spacial score (nSPS) is 8.58. The number of carbonyl (C=O) groups is 1. The molecule has 12 heavy (non-hydrogen) atoms. The van der Waals surface area contributed by atoms with Gasteiger partial charge in [-0.3, -0.25) is 0 Å². The van der Waals surface area contributed by atoms with Crippen LogP contribution >= 0.6 is 0 Å². The van der Waals surface area contributed by atoms with Crippen molar-refractivity contribution in [1.29, 1.82) is 0 Å². The zero-order valence-electron chi connectivity index (χ0n) is 7.92. The number of aliphatic carboxylic acids is 1. The van der Waals surface area contributed by atoms with E-state index in [9.17, 15) is 4.79 Å². The highest BCUT2D eigenvalue weighted by Crippen LogP contribution is 1.96. The molecule has 0 spiro atoms. The number of allylic oxidation sites excluding steroid dienone is 2. The van der Waals surface area contributed by atoms with E-state index in [1.165, 1.54) is 6.08 Å². The molecule has 68 valence electrons. The summed E-state index contributed by atoms with van der Waals surface area (Å²) in [4.78, 5) is 10.1. The number of hydrogen-bond donors (Lipinski definition) is 1. The second-order valence-corrected chi connectivity index (χ2v) is 2.01. The minimum atomic E-state index is -1.00. The average Bonchev–Trinajstić information content (AvgIpc) is 2.03. The van der Waals surface area contributed by atoms with E-state index in [4.69, 9.17) is 5.11 Å². The van der Waals surface area contributed by atoms with Crippen LogP contribution in [-0.2, 0) is 4.79 Å². The standard InChI is InChI=1S/C8H10O2.C2H6/c1-6(2)4-5-7(3)8(9)10;1-2/h4-5H,1,3H2,2H3,(H,9,10);1-2H3/b5-4-;. The minimum absolute atomic E-state index is 0.0722. The summed E-state index contributed by atoms with van der Waals surface area (Å²) in [6, 6.07) is 0. The zero-order valence-corrected chi connectivity index (χ0v) is 7.92. The van der Waals surface area contributed by atoms with E-state index in [2.05, 4.69) is 13.2 Å². The van der Waals surface area contributed by atoms with Crippen molar-refractivity contribution < 1.29 is 9.90 Å². The molecule has 2 nitrogen and oxygen atoms in total. The molecular weight excluding hydrogens is 152 g/mol. The fourth-order valence-corrected chi connectivity index (χ4v) is 0.314. The lowest BCUT2D eigenvalue weighted by molar-refractivity contribution is -0.132. The lowest BCUT2D eigenvalue weighted by atomic mass is 10.2. The first kappa shape index (κ1) is 13.3. The second kappa shape index (κ2) is 7.79. The Hall–Kier alpha value is -1.31. The first-order valence-corrected chi connectivity index (χ1v) is 3.80. The van der Waals surface area contributed by atoms with Crippen molar-refractivity contribution in [3.8, 4) is 0 Å². The Morgan fingerprint density at radius 1 is 1.25 bits per heavy atom. The molecule has 0 heterocycles. The first-order valence-electron chi connectivity index (χ1n) is 3.80. The van der Waals surface area contributed by atoms with Crippen LogP contribution in [0.2, 0.25) is 0 Å². The molecule has 0 saturated heterocycles. The van der Waals surface area contributed by atoms with Gasteiger partial charge < -0.3 is 5.11 Å². The van der Waals surface area contributed by atoms with Crippen LogP contribution in [0.1, 0.15) is 20.8 Å². The van der Waals surface area contributed by atoms with Gasteiger partial charge in [-0.2, -0.15) is 0 Å². The molecule has 0 saturated carbocycles. The summed E-state index contributed by atoms with van der Waals surface area (Å²) in [6.45, 7) is 12.6. The summed E-state index contributed by atoms with van der Waals surface area (Å²) in [7, 11) is 0. The Morgan fingerprint density at radius 2 is 1.67 bits per heavy atom. The van der Waals surface area contributed by atoms with Gasteiger partial charge in [0.25, 0.3) is 0 Å². The van der Waals surface area contributed by atoms with Crippen molar-refractivity contribution in [3.63, 3.8) is 0 Å². The third-order valence-electron chi connectivity index (χ3n) is 0.844. The molecule has 0 unspecified atom stereocenters. The van der Waals surface area contributed by atoms with E-state index < -0.39 is 5.97 Å². The van der Waals surface area contributed by atoms with Crippen LogP contribution in [0.15, 0.2) is 36.5 Å². The molecule has 1 N–H and O–H groups in total. The maximum absolute atomic E-state index is 10.1. The maximum Gasteiger partial charge on any atom is 0.335 e. The van der Waals surface area contributed by atoms with Gasteiger partial charge in [-0.25, -0.2) is 4.79 Å². The molecule has 0 aliphatic heterocycles. The zero-order chi connectivity index (χ0) is 10.1. The molecule has 0 radical (unpaired) electrons. The summed E-state index contributed by atoms with van der Waals surface area (Å²) in [5.41, 5.74) is 0.880. The predicted octanol–water partition coefficient (Wildman–Crippen LogP) is 2.79.